The van der Waals surface area contributed by atoms with Crippen molar-refractivity contribution in [1.29, 1.82) is 0 Å². The first-order chi connectivity index (χ1) is 14.9. The van der Waals surface area contributed by atoms with Gasteiger partial charge in [-0.05, 0) is 50.3 Å². The lowest BCUT2D eigenvalue weighted by Crippen LogP contribution is -2.17. The monoisotopic (exact) mass is 486 g/mol. The van der Waals surface area contributed by atoms with Crippen molar-refractivity contribution in [2.75, 3.05) is 0 Å². The summed E-state index contributed by atoms with van der Waals surface area (Å²) in [6, 6.07) is 10.9. The maximum Gasteiger partial charge on any atom is 0.342 e. The van der Waals surface area contributed by atoms with Crippen LogP contribution in [0.3, 0.4) is 0 Å². The van der Waals surface area contributed by atoms with Crippen LogP contribution in [-0.4, -0.2) is 23.0 Å². The van der Waals surface area contributed by atoms with E-state index in [9.17, 15) is 14.7 Å². The van der Waals surface area contributed by atoms with Crippen LogP contribution in [0.5, 0.6) is 11.5 Å². The first kappa shape index (κ1) is 23.1. The number of allylic oxidation sites excluding steroid dienone is 1. The van der Waals surface area contributed by atoms with E-state index in [0.29, 0.717) is 50.0 Å². The number of cyclic esters (lactones) is 1. The SMILES string of the molecule is CC1CCCC(=O)CCCC=Cc2cc(OCc3ccccc3Br)cc(O)c2C(=O)O1. The van der Waals surface area contributed by atoms with E-state index in [1.165, 1.54) is 6.07 Å². The van der Waals surface area contributed by atoms with E-state index in [-0.39, 0.29) is 23.2 Å². The number of ether oxygens (including phenoxy) is 2. The number of carbonyl (C=O) groups excluding carboxylic acids is 2. The number of phenols is 1. The molecule has 0 fully saturated rings. The van der Waals surface area contributed by atoms with Crippen LogP contribution in [-0.2, 0) is 16.1 Å². The van der Waals surface area contributed by atoms with Crippen LogP contribution in [0.4, 0.5) is 0 Å². The molecule has 6 heteroatoms. The molecule has 0 spiro atoms. The fourth-order valence-corrected chi connectivity index (χ4v) is 3.87. The van der Waals surface area contributed by atoms with Gasteiger partial charge < -0.3 is 14.6 Å². The Labute approximate surface area is 191 Å². The summed E-state index contributed by atoms with van der Waals surface area (Å²) in [7, 11) is 0. The first-order valence-electron chi connectivity index (χ1n) is 10.6. The van der Waals surface area contributed by atoms with Gasteiger partial charge in [-0.25, -0.2) is 4.79 Å². The van der Waals surface area contributed by atoms with Gasteiger partial charge in [0.05, 0.1) is 6.10 Å². The third-order valence-corrected chi connectivity index (χ3v) is 5.95. The van der Waals surface area contributed by atoms with Gasteiger partial charge in [-0.2, -0.15) is 0 Å². The summed E-state index contributed by atoms with van der Waals surface area (Å²) < 4.78 is 12.3. The third-order valence-electron chi connectivity index (χ3n) is 5.18. The molecule has 0 amide bonds. The highest BCUT2D eigenvalue weighted by atomic mass is 79.9. The van der Waals surface area contributed by atoms with Gasteiger partial charge in [0.25, 0.3) is 0 Å². The molecule has 1 heterocycles. The minimum absolute atomic E-state index is 0.129. The smallest absolute Gasteiger partial charge is 0.342 e. The van der Waals surface area contributed by atoms with Crippen LogP contribution in [0, 0.1) is 0 Å². The fourth-order valence-electron chi connectivity index (χ4n) is 3.48. The van der Waals surface area contributed by atoms with Crippen molar-refractivity contribution in [3.05, 3.63) is 63.6 Å². The third kappa shape index (κ3) is 6.69. The Balaban J connectivity index is 1.86. The molecule has 1 aliphatic rings. The van der Waals surface area contributed by atoms with E-state index >= 15 is 0 Å². The summed E-state index contributed by atoms with van der Waals surface area (Å²) in [4.78, 5) is 24.7. The second-order valence-corrected chi connectivity index (χ2v) is 8.58. The highest BCUT2D eigenvalue weighted by Crippen LogP contribution is 2.31. The molecule has 1 atom stereocenters. The minimum Gasteiger partial charge on any atom is -0.507 e. The summed E-state index contributed by atoms with van der Waals surface area (Å²) in [6.45, 7) is 2.11. The fraction of sp³-hybridized carbons (Fsp3) is 0.360. The van der Waals surface area contributed by atoms with Gasteiger partial charge in [0.2, 0.25) is 0 Å². The number of carbonyl (C=O) groups is 2. The predicted molar refractivity (Wildman–Crippen MR) is 123 cm³/mol. The Kier molecular flexibility index (Phi) is 8.29. The Morgan fingerprint density at radius 3 is 2.74 bits per heavy atom. The van der Waals surface area contributed by atoms with Gasteiger partial charge in [0.1, 0.15) is 29.5 Å². The zero-order valence-corrected chi connectivity index (χ0v) is 19.2. The number of halogens is 1. The second kappa shape index (κ2) is 11.1. The topological polar surface area (TPSA) is 72.8 Å². The normalized spacial score (nSPS) is 18.1. The minimum atomic E-state index is -0.578. The lowest BCUT2D eigenvalue weighted by atomic mass is 10.0. The lowest BCUT2D eigenvalue weighted by Gasteiger charge is -2.17. The van der Waals surface area contributed by atoms with E-state index < -0.39 is 5.97 Å². The zero-order chi connectivity index (χ0) is 22.2. The predicted octanol–water partition coefficient (Wildman–Crippen LogP) is 6.22. The maximum absolute atomic E-state index is 12.8. The van der Waals surface area contributed by atoms with Gasteiger partial charge in [-0.15, -0.1) is 0 Å². The van der Waals surface area contributed by atoms with Crippen molar-refractivity contribution < 1.29 is 24.2 Å². The molecular formula is C25H27BrO5. The molecule has 3 rings (SSSR count). The second-order valence-electron chi connectivity index (χ2n) is 7.73. The molecule has 1 aliphatic heterocycles. The van der Waals surface area contributed by atoms with Crippen molar-refractivity contribution in [2.45, 2.75) is 58.2 Å². The van der Waals surface area contributed by atoms with E-state index in [0.717, 1.165) is 16.5 Å². The summed E-state index contributed by atoms with van der Waals surface area (Å²) >= 11 is 3.50. The number of Topliss-reactive ketones (excluding diaryl/α,β-unsaturated/α-hetero) is 1. The van der Waals surface area contributed by atoms with E-state index in [2.05, 4.69) is 15.9 Å². The number of hydrogen-bond acceptors (Lipinski definition) is 5. The summed E-state index contributed by atoms with van der Waals surface area (Å²) in [6.07, 6.45) is 7.16. The van der Waals surface area contributed by atoms with Crippen LogP contribution < -0.4 is 4.74 Å². The molecule has 0 radical (unpaired) electrons. The van der Waals surface area contributed by atoms with Gasteiger partial charge in [0, 0.05) is 28.9 Å². The molecular weight excluding hydrogens is 460 g/mol. The average molecular weight is 487 g/mol. The quantitative estimate of drug-likeness (QED) is 0.521. The van der Waals surface area contributed by atoms with Crippen LogP contribution in [0.25, 0.3) is 6.08 Å². The number of benzene rings is 2. The molecule has 1 N–H and O–H groups in total. The first-order valence-corrected chi connectivity index (χ1v) is 11.4. The van der Waals surface area contributed by atoms with Crippen LogP contribution in [0.15, 0.2) is 46.9 Å². The zero-order valence-electron chi connectivity index (χ0n) is 17.6. The molecule has 0 aliphatic carbocycles. The van der Waals surface area contributed by atoms with Crippen LogP contribution in [0.1, 0.15) is 66.9 Å². The molecule has 31 heavy (non-hydrogen) atoms. The van der Waals surface area contributed by atoms with Crippen molar-refractivity contribution in [3.8, 4) is 11.5 Å². The molecule has 0 aromatic heterocycles. The number of phenolic OH excluding ortho intramolecular Hbond substituents is 1. The van der Waals surface area contributed by atoms with Crippen LogP contribution >= 0.6 is 15.9 Å². The molecule has 5 nitrogen and oxygen atoms in total. The Hall–Kier alpha value is -2.60. The van der Waals surface area contributed by atoms with E-state index in [4.69, 9.17) is 9.47 Å². The molecule has 0 saturated heterocycles. The van der Waals surface area contributed by atoms with Gasteiger partial charge in [-0.3, -0.25) is 4.79 Å². The lowest BCUT2D eigenvalue weighted by molar-refractivity contribution is -0.119. The van der Waals surface area contributed by atoms with Crippen molar-refractivity contribution in [1.82, 2.24) is 0 Å². The van der Waals surface area contributed by atoms with Crippen molar-refractivity contribution in [2.24, 2.45) is 0 Å². The molecule has 2 aromatic carbocycles. The van der Waals surface area contributed by atoms with E-state index in [1.807, 2.05) is 30.3 Å². The van der Waals surface area contributed by atoms with E-state index in [1.54, 1.807) is 19.1 Å². The van der Waals surface area contributed by atoms with Crippen molar-refractivity contribution in [3.63, 3.8) is 0 Å². The van der Waals surface area contributed by atoms with Crippen LogP contribution in [0.2, 0.25) is 0 Å². The highest BCUT2D eigenvalue weighted by molar-refractivity contribution is 9.10. The number of ketones is 1. The highest BCUT2D eigenvalue weighted by Gasteiger charge is 2.21. The van der Waals surface area contributed by atoms with Gasteiger partial charge in [0.15, 0.2) is 0 Å². The summed E-state index contributed by atoms with van der Waals surface area (Å²) in [5.41, 5.74) is 1.63. The number of fused-ring (bicyclic) bond motifs is 1. The molecule has 2 aromatic rings. The maximum atomic E-state index is 12.8. The number of esters is 1. The van der Waals surface area contributed by atoms with Crippen molar-refractivity contribution >= 4 is 33.8 Å². The summed E-state index contributed by atoms with van der Waals surface area (Å²) in [5, 5.41) is 10.6. The van der Waals surface area contributed by atoms with Gasteiger partial charge in [-0.1, -0.05) is 46.3 Å². The summed E-state index contributed by atoms with van der Waals surface area (Å²) in [5.74, 6) is -0.0623. The average Bonchev–Trinajstić information content (AvgIpc) is 2.72. The van der Waals surface area contributed by atoms with Gasteiger partial charge >= 0.3 is 5.97 Å². The largest absolute Gasteiger partial charge is 0.507 e. The Morgan fingerprint density at radius 1 is 1.16 bits per heavy atom. The molecule has 1 unspecified atom stereocenters. The number of rotatable bonds is 3. The standard InChI is InChI=1S/C25H27BrO5/c1-17-8-7-12-20(27)11-4-2-3-9-18-14-21(15-23(28)24(18)25(29)31-17)30-16-19-10-5-6-13-22(19)26/h3,5-6,9-10,13-15,17,28H,2,4,7-8,11-12,16H2,1H3. The number of hydrogen-bond donors (Lipinski definition) is 1. The Morgan fingerprint density at radius 2 is 1.94 bits per heavy atom. The number of aromatic hydroxyl groups is 1. The Bertz CT molecular complexity index is 966. The molecule has 0 bridgehead atoms. The molecule has 164 valence electrons. The molecule has 0 saturated carbocycles.